The molecule has 2 aromatic heterocycles. The van der Waals surface area contributed by atoms with Crippen molar-refractivity contribution in [2.24, 2.45) is 0 Å². The molecule has 1 fully saturated rings. The molecule has 2 aliphatic heterocycles. The maximum atomic E-state index is 13.1. The van der Waals surface area contributed by atoms with E-state index in [4.69, 9.17) is 0 Å². The van der Waals surface area contributed by atoms with Crippen molar-refractivity contribution in [2.45, 2.75) is 37.4 Å². The summed E-state index contributed by atoms with van der Waals surface area (Å²) in [6.07, 6.45) is 4.11. The molecule has 0 N–H and O–H groups in total. The first kappa shape index (κ1) is 21.2. The molecule has 0 atom stereocenters. The van der Waals surface area contributed by atoms with Crippen LogP contribution in [0.1, 0.15) is 24.8 Å². The fourth-order valence-corrected chi connectivity index (χ4v) is 5.90. The van der Waals surface area contributed by atoms with Gasteiger partial charge in [-0.1, -0.05) is 42.1 Å². The average molecular weight is 475 g/mol. The Morgan fingerprint density at radius 1 is 0.853 bits per heavy atom. The topological polar surface area (TPSA) is 75.7 Å². The summed E-state index contributed by atoms with van der Waals surface area (Å²) in [5.74, 6) is 1.09. The number of benzene rings is 2. The molecule has 0 saturated carbocycles. The molecule has 0 radical (unpaired) electrons. The van der Waals surface area contributed by atoms with Crippen molar-refractivity contribution >= 4 is 46.1 Å². The van der Waals surface area contributed by atoms with Gasteiger partial charge in [-0.3, -0.25) is 18.6 Å². The molecule has 6 rings (SSSR count). The van der Waals surface area contributed by atoms with E-state index < -0.39 is 0 Å². The van der Waals surface area contributed by atoms with Crippen LogP contribution in [0.25, 0.3) is 16.8 Å². The number of hydrogen-bond donors (Lipinski definition) is 0. The fraction of sp³-hybridized carbons (Fsp3) is 0.360. The maximum Gasteiger partial charge on any atom is 0.242 e. The predicted octanol–water partition coefficient (Wildman–Crippen LogP) is 3.38. The molecule has 0 bridgehead atoms. The van der Waals surface area contributed by atoms with Gasteiger partial charge < -0.3 is 9.80 Å². The van der Waals surface area contributed by atoms with Crippen LogP contribution in [0, 0.1) is 0 Å². The maximum absolute atomic E-state index is 13.1. The van der Waals surface area contributed by atoms with Gasteiger partial charge in [-0.2, -0.15) is 0 Å². The van der Waals surface area contributed by atoms with E-state index in [2.05, 4.69) is 16.3 Å². The lowest BCUT2D eigenvalue weighted by atomic mass is 10.0. The van der Waals surface area contributed by atoms with Crippen LogP contribution < -0.4 is 4.90 Å². The Balaban J connectivity index is 1.27. The highest BCUT2D eigenvalue weighted by molar-refractivity contribution is 7.99. The Labute approximate surface area is 201 Å². The number of fused-ring (bicyclic) bond motifs is 4. The van der Waals surface area contributed by atoms with E-state index >= 15 is 0 Å². The molecule has 2 amide bonds. The van der Waals surface area contributed by atoms with E-state index in [0.29, 0.717) is 10.9 Å². The number of anilines is 1. The van der Waals surface area contributed by atoms with Crippen molar-refractivity contribution in [2.75, 3.05) is 30.3 Å². The van der Waals surface area contributed by atoms with Crippen LogP contribution in [0.4, 0.5) is 5.69 Å². The Kier molecular flexibility index (Phi) is 5.49. The fourth-order valence-electron chi connectivity index (χ4n) is 5.09. The van der Waals surface area contributed by atoms with Crippen LogP contribution in [0.2, 0.25) is 0 Å². The van der Waals surface area contributed by atoms with E-state index in [0.717, 1.165) is 62.0 Å². The zero-order valence-corrected chi connectivity index (χ0v) is 19.7. The molecule has 0 spiro atoms. The minimum Gasteiger partial charge on any atom is -0.341 e. The zero-order valence-electron chi connectivity index (χ0n) is 18.9. The number of likely N-dealkylation sites (tertiary alicyclic amines) is 1. The minimum absolute atomic E-state index is 0.0712. The standard InChI is InChI=1S/C25H26N6O2S/c32-22(28-13-5-6-14-28)16-30-20-11-3-4-12-21(20)31-24(30)26-27-25(31)34-17-23(33)29-15-7-9-18-8-1-2-10-19(18)29/h1-4,8,10-12H,5-7,9,13-17H2. The number of carbonyl (C=O) groups is 2. The highest BCUT2D eigenvalue weighted by Gasteiger charge is 2.25. The third-order valence-corrected chi connectivity index (χ3v) is 7.67. The van der Waals surface area contributed by atoms with Gasteiger partial charge >= 0.3 is 0 Å². The summed E-state index contributed by atoms with van der Waals surface area (Å²) in [7, 11) is 0. The highest BCUT2D eigenvalue weighted by Crippen LogP contribution is 2.29. The molecular formula is C25H26N6O2S. The monoisotopic (exact) mass is 474 g/mol. The number of nitrogens with zero attached hydrogens (tertiary/aromatic N) is 6. The number of hydrogen-bond acceptors (Lipinski definition) is 5. The summed E-state index contributed by atoms with van der Waals surface area (Å²) in [5.41, 5.74) is 4.12. The smallest absolute Gasteiger partial charge is 0.242 e. The van der Waals surface area contributed by atoms with Crippen LogP contribution in [0.5, 0.6) is 0 Å². The van der Waals surface area contributed by atoms with Crippen molar-refractivity contribution < 1.29 is 9.59 Å². The SMILES string of the molecule is O=C(Cn1c2ccccc2n2c(SCC(=O)N3CCCc4ccccc43)nnc12)N1CCCC1. The van der Waals surface area contributed by atoms with Crippen LogP contribution in [-0.2, 0) is 22.6 Å². The summed E-state index contributed by atoms with van der Waals surface area (Å²) in [5, 5.41) is 9.48. The number of imidazole rings is 1. The highest BCUT2D eigenvalue weighted by atomic mass is 32.2. The number of amides is 2. The average Bonchev–Trinajstić information content (AvgIpc) is 3.61. The van der Waals surface area contributed by atoms with Gasteiger partial charge in [0, 0.05) is 25.3 Å². The van der Waals surface area contributed by atoms with Gasteiger partial charge in [-0.05, 0) is 49.4 Å². The third-order valence-electron chi connectivity index (χ3n) is 6.76. The summed E-state index contributed by atoms with van der Waals surface area (Å²) in [4.78, 5) is 29.8. The van der Waals surface area contributed by atoms with Crippen LogP contribution >= 0.6 is 11.8 Å². The molecule has 9 heteroatoms. The Morgan fingerprint density at radius 3 is 2.47 bits per heavy atom. The first-order valence-electron chi connectivity index (χ1n) is 11.8. The predicted molar refractivity (Wildman–Crippen MR) is 132 cm³/mol. The second-order valence-corrected chi connectivity index (χ2v) is 9.79. The normalized spacial score (nSPS) is 15.9. The lowest BCUT2D eigenvalue weighted by Crippen LogP contribution is -2.36. The van der Waals surface area contributed by atoms with Crippen molar-refractivity contribution in [1.82, 2.24) is 24.1 Å². The summed E-state index contributed by atoms with van der Waals surface area (Å²) in [6.45, 7) is 2.63. The first-order valence-corrected chi connectivity index (χ1v) is 12.8. The van der Waals surface area contributed by atoms with Crippen LogP contribution in [-0.4, -0.2) is 61.3 Å². The van der Waals surface area contributed by atoms with Gasteiger partial charge in [0.05, 0.1) is 16.8 Å². The number of thioether (sulfide) groups is 1. The number of carbonyl (C=O) groups excluding carboxylic acids is 2. The molecule has 174 valence electrons. The minimum atomic E-state index is 0.0712. The molecule has 4 heterocycles. The lowest BCUT2D eigenvalue weighted by Gasteiger charge is -2.29. The molecule has 1 saturated heterocycles. The van der Waals surface area contributed by atoms with Crippen LogP contribution in [0.15, 0.2) is 53.7 Å². The van der Waals surface area contributed by atoms with Crippen molar-refractivity contribution in [1.29, 1.82) is 0 Å². The summed E-state index contributed by atoms with van der Waals surface area (Å²) >= 11 is 1.39. The van der Waals surface area contributed by atoms with E-state index in [-0.39, 0.29) is 24.1 Å². The summed E-state index contributed by atoms with van der Waals surface area (Å²) < 4.78 is 3.91. The molecule has 0 aliphatic carbocycles. The van der Waals surface area contributed by atoms with E-state index in [1.54, 1.807) is 0 Å². The largest absolute Gasteiger partial charge is 0.341 e. The molecule has 4 aromatic rings. The number of para-hydroxylation sites is 3. The molecule has 34 heavy (non-hydrogen) atoms. The number of aromatic nitrogens is 4. The van der Waals surface area contributed by atoms with Gasteiger partial charge in [0.25, 0.3) is 0 Å². The summed E-state index contributed by atoms with van der Waals surface area (Å²) in [6, 6.07) is 16.1. The molecule has 8 nitrogen and oxygen atoms in total. The first-order chi connectivity index (χ1) is 16.7. The van der Waals surface area contributed by atoms with Crippen molar-refractivity contribution in [3.63, 3.8) is 0 Å². The second kappa shape index (κ2) is 8.79. The van der Waals surface area contributed by atoms with Gasteiger partial charge in [-0.15, -0.1) is 10.2 Å². The Bertz CT molecular complexity index is 1390. The second-order valence-electron chi connectivity index (χ2n) is 8.85. The van der Waals surface area contributed by atoms with Gasteiger partial charge in [0.2, 0.25) is 17.6 Å². The van der Waals surface area contributed by atoms with Crippen LogP contribution in [0.3, 0.4) is 0 Å². The molecular weight excluding hydrogens is 448 g/mol. The van der Waals surface area contributed by atoms with Gasteiger partial charge in [0.15, 0.2) is 5.16 Å². The molecule has 2 aromatic carbocycles. The van der Waals surface area contributed by atoms with E-state index in [9.17, 15) is 9.59 Å². The van der Waals surface area contributed by atoms with E-state index in [1.165, 1.54) is 17.3 Å². The Hall–Kier alpha value is -3.33. The number of aryl methyl sites for hydroxylation is 1. The number of rotatable bonds is 5. The quantitative estimate of drug-likeness (QED) is 0.415. The molecule has 0 unspecified atom stereocenters. The molecule has 2 aliphatic rings. The zero-order chi connectivity index (χ0) is 23.1. The Morgan fingerprint density at radius 2 is 1.62 bits per heavy atom. The van der Waals surface area contributed by atoms with E-state index in [1.807, 2.05) is 61.2 Å². The third kappa shape index (κ3) is 3.64. The van der Waals surface area contributed by atoms with Crippen molar-refractivity contribution in [3.05, 3.63) is 54.1 Å². The lowest BCUT2D eigenvalue weighted by molar-refractivity contribution is -0.130. The van der Waals surface area contributed by atoms with Gasteiger partial charge in [-0.25, -0.2) is 0 Å². The van der Waals surface area contributed by atoms with Gasteiger partial charge in [0.1, 0.15) is 6.54 Å². The van der Waals surface area contributed by atoms with Crippen molar-refractivity contribution in [3.8, 4) is 0 Å².